The molecule has 0 saturated carbocycles. The highest BCUT2D eigenvalue weighted by Crippen LogP contribution is 2.26. The van der Waals surface area contributed by atoms with Crippen molar-refractivity contribution in [3.8, 4) is 0 Å². The molecule has 2 aromatic heterocycles. The Morgan fingerprint density at radius 3 is 2.00 bits per heavy atom. The summed E-state index contributed by atoms with van der Waals surface area (Å²) in [5.41, 5.74) is 3.52. The smallest absolute Gasteiger partial charge is 0.221 e. The molecule has 0 aliphatic carbocycles. The minimum absolute atomic E-state index is 0. The fraction of sp³-hybridized carbons (Fsp3) is 0.531. The summed E-state index contributed by atoms with van der Waals surface area (Å²) in [6.45, 7) is 16.5. The van der Waals surface area contributed by atoms with Gasteiger partial charge in [0.25, 0.3) is 0 Å². The summed E-state index contributed by atoms with van der Waals surface area (Å²) in [5.74, 6) is 2.93. The number of aromatic nitrogens is 4. The molecule has 4 rings (SSSR count). The van der Waals surface area contributed by atoms with E-state index in [1.165, 1.54) is 11.1 Å². The van der Waals surface area contributed by atoms with Gasteiger partial charge < -0.3 is 13.7 Å². The average molecular weight is 525 g/mol. The van der Waals surface area contributed by atoms with E-state index in [1.54, 1.807) is 7.11 Å². The lowest BCUT2D eigenvalue weighted by Gasteiger charge is -2.20. The van der Waals surface area contributed by atoms with Crippen LogP contribution in [-0.4, -0.2) is 33.5 Å². The maximum atomic E-state index is 5.72. The Hall–Kier alpha value is -2.99. The molecule has 6 nitrogen and oxygen atoms in total. The summed E-state index contributed by atoms with van der Waals surface area (Å²) in [5, 5.41) is 8.25. The van der Waals surface area contributed by atoms with Gasteiger partial charge in [-0.05, 0) is 23.6 Å². The standard InChI is InChI=1S/C15H20N2O.C14H20N2O.3CH4/c1-11(12-8-6-5-7-9-12)10-13-16-17-14(18-13)15(2,3)4;1-14(2,3)13-15-11-7-5-6-8-12(11)16(13)9-10-17-4;;;/h5-9,11H,10H2,1-4H3;5-8H,9-10H2,1-4H3;3*1H4. The third-order valence-electron chi connectivity index (χ3n) is 5.80. The first-order valence-electron chi connectivity index (χ1n) is 12.3. The molecular formula is C32H52N4O2. The molecule has 4 aromatic rings. The first kappa shape index (κ1) is 35.0. The number of hydrogen-bond acceptors (Lipinski definition) is 5. The fourth-order valence-corrected chi connectivity index (χ4v) is 3.86. The van der Waals surface area contributed by atoms with Gasteiger partial charge in [-0.2, -0.15) is 0 Å². The van der Waals surface area contributed by atoms with Crippen molar-refractivity contribution < 1.29 is 9.15 Å². The number of benzene rings is 2. The van der Waals surface area contributed by atoms with Gasteiger partial charge >= 0.3 is 0 Å². The number of para-hydroxylation sites is 2. The van der Waals surface area contributed by atoms with E-state index < -0.39 is 0 Å². The third kappa shape index (κ3) is 9.09. The molecule has 0 bridgehead atoms. The number of rotatable bonds is 6. The van der Waals surface area contributed by atoms with Gasteiger partial charge in [-0.3, -0.25) is 0 Å². The quantitative estimate of drug-likeness (QED) is 0.253. The van der Waals surface area contributed by atoms with E-state index in [0.717, 1.165) is 30.2 Å². The molecule has 0 amide bonds. The van der Waals surface area contributed by atoms with Crippen LogP contribution in [0.15, 0.2) is 59.0 Å². The van der Waals surface area contributed by atoms with Gasteiger partial charge in [-0.25, -0.2) is 4.98 Å². The second-order valence-electron chi connectivity index (χ2n) is 11.1. The molecule has 0 aliphatic heterocycles. The number of fused-ring (bicyclic) bond motifs is 1. The van der Waals surface area contributed by atoms with Crippen molar-refractivity contribution in [3.63, 3.8) is 0 Å². The zero-order valence-electron chi connectivity index (χ0n) is 22.5. The predicted molar refractivity (Wildman–Crippen MR) is 162 cm³/mol. The Kier molecular flexibility index (Phi) is 13.7. The van der Waals surface area contributed by atoms with Crippen molar-refractivity contribution in [1.82, 2.24) is 19.7 Å². The average Bonchev–Trinajstić information content (AvgIpc) is 3.43. The minimum Gasteiger partial charge on any atom is -0.425 e. The summed E-state index contributed by atoms with van der Waals surface area (Å²) in [6.07, 6.45) is 0.785. The Balaban J connectivity index is 0.000000669. The second kappa shape index (κ2) is 14.8. The van der Waals surface area contributed by atoms with Gasteiger partial charge in [0.15, 0.2) is 0 Å². The van der Waals surface area contributed by atoms with E-state index in [0.29, 0.717) is 18.4 Å². The maximum absolute atomic E-state index is 5.72. The van der Waals surface area contributed by atoms with Gasteiger partial charge in [0, 0.05) is 30.9 Å². The first-order valence-corrected chi connectivity index (χ1v) is 12.3. The largest absolute Gasteiger partial charge is 0.425 e. The second-order valence-corrected chi connectivity index (χ2v) is 11.1. The van der Waals surface area contributed by atoms with Crippen molar-refractivity contribution in [2.24, 2.45) is 0 Å². The van der Waals surface area contributed by atoms with Crippen LogP contribution in [0.1, 0.15) is 99.8 Å². The molecule has 2 aromatic carbocycles. The molecular weight excluding hydrogens is 472 g/mol. The number of nitrogens with zero attached hydrogens (tertiary/aromatic N) is 4. The van der Waals surface area contributed by atoms with Gasteiger partial charge in [0.1, 0.15) is 5.82 Å². The van der Waals surface area contributed by atoms with E-state index in [1.807, 2.05) is 12.1 Å². The van der Waals surface area contributed by atoms with E-state index in [4.69, 9.17) is 14.1 Å². The number of methoxy groups -OCH3 is 1. The van der Waals surface area contributed by atoms with Crippen molar-refractivity contribution in [1.29, 1.82) is 0 Å². The summed E-state index contributed by atoms with van der Waals surface area (Å²) >= 11 is 0. The maximum Gasteiger partial charge on any atom is 0.221 e. The Morgan fingerprint density at radius 2 is 1.45 bits per heavy atom. The van der Waals surface area contributed by atoms with Gasteiger partial charge in [0.2, 0.25) is 11.8 Å². The first-order chi connectivity index (χ1) is 16.5. The van der Waals surface area contributed by atoms with Crippen molar-refractivity contribution in [2.75, 3.05) is 13.7 Å². The van der Waals surface area contributed by atoms with Crippen LogP contribution in [0, 0.1) is 0 Å². The SMILES string of the molecule is C.C.C.CC(Cc1nnc(C(C)(C)C)o1)c1ccccc1.COCCn1c(C(C)(C)C)nc2ccccc21. The van der Waals surface area contributed by atoms with Crippen LogP contribution in [0.5, 0.6) is 0 Å². The molecule has 0 spiro atoms. The monoisotopic (exact) mass is 524 g/mol. The number of imidazole rings is 1. The molecule has 2 heterocycles. The van der Waals surface area contributed by atoms with Crippen molar-refractivity contribution in [3.05, 3.63) is 77.8 Å². The van der Waals surface area contributed by atoms with Crippen molar-refractivity contribution >= 4 is 11.0 Å². The van der Waals surface area contributed by atoms with Crippen LogP contribution >= 0.6 is 0 Å². The summed E-state index contributed by atoms with van der Waals surface area (Å²) in [7, 11) is 1.73. The fourth-order valence-electron chi connectivity index (χ4n) is 3.86. The highest BCUT2D eigenvalue weighted by molar-refractivity contribution is 5.76. The lowest BCUT2D eigenvalue weighted by molar-refractivity contribution is 0.186. The Bertz CT molecular complexity index is 1200. The Morgan fingerprint density at radius 1 is 0.842 bits per heavy atom. The van der Waals surface area contributed by atoms with E-state index in [-0.39, 0.29) is 33.1 Å². The lowest BCUT2D eigenvalue weighted by atomic mass is 9.95. The highest BCUT2D eigenvalue weighted by Gasteiger charge is 2.23. The number of ether oxygens (including phenoxy) is 1. The zero-order valence-corrected chi connectivity index (χ0v) is 22.5. The molecule has 38 heavy (non-hydrogen) atoms. The Labute approximate surface area is 231 Å². The topological polar surface area (TPSA) is 66.0 Å². The molecule has 212 valence electrons. The molecule has 6 heteroatoms. The van der Waals surface area contributed by atoms with Gasteiger partial charge in [-0.1, -0.05) is 113 Å². The van der Waals surface area contributed by atoms with Crippen LogP contribution in [0.2, 0.25) is 0 Å². The molecule has 0 N–H and O–H groups in total. The highest BCUT2D eigenvalue weighted by atomic mass is 16.5. The normalized spacial score (nSPS) is 11.9. The third-order valence-corrected chi connectivity index (χ3v) is 5.80. The van der Waals surface area contributed by atoms with Gasteiger partial charge in [0.05, 0.1) is 17.6 Å². The summed E-state index contributed by atoms with van der Waals surface area (Å²) < 4.78 is 13.2. The molecule has 1 unspecified atom stereocenters. The zero-order chi connectivity index (χ0) is 25.6. The van der Waals surface area contributed by atoms with Crippen LogP contribution < -0.4 is 0 Å². The van der Waals surface area contributed by atoms with E-state index in [2.05, 4.69) is 106 Å². The predicted octanol–water partition coefficient (Wildman–Crippen LogP) is 8.60. The molecule has 1 atom stereocenters. The molecule has 0 radical (unpaired) electrons. The van der Waals surface area contributed by atoms with Crippen LogP contribution in [0.3, 0.4) is 0 Å². The van der Waals surface area contributed by atoms with E-state index >= 15 is 0 Å². The van der Waals surface area contributed by atoms with Crippen LogP contribution in [0.25, 0.3) is 11.0 Å². The van der Waals surface area contributed by atoms with Crippen molar-refractivity contribution in [2.45, 2.75) is 100 Å². The van der Waals surface area contributed by atoms with Crippen LogP contribution in [-0.2, 0) is 28.5 Å². The summed E-state index contributed by atoms with van der Waals surface area (Å²) in [4.78, 5) is 4.74. The van der Waals surface area contributed by atoms with Gasteiger partial charge in [-0.15, -0.1) is 10.2 Å². The molecule has 0 aliphatic rings. The van der Waals surface area contributed by atoms with E-state index in [9.17, 15) is 0 Å². The molecule has 0 fully saturated rings. The minimum atomic E-state index is -0.0821. The lowest BCUT2D eigenvalue weighted by Crippen LogP contribution is -2.20. The van der Waals surface area contributed by atoms with Crippen LogP contribution in [0.4, 0.5) is 0 Å². The number of hydrogen-bond donors (Lipinski definition) is 0. The molecule has 0 saturated heterocycles. The summed E-state index contributed by atoms with van der Waals surface area (Å²) in [6, 6.07) is 18.7.